The number of carbonyl (C=O) groups is 1. The zero-order chi connectivity index (χ0) is 13.1. The summed E-state index contributed by atoms with van der Waals surface area (Å²) in [4.78, 5) is 13.8. The summed E-state index contributed by atoms with van der Waals surface area (Å²) >= 11 is 11.9. The third kappa shape index (κ3) is 3.37. The van der Waals surface area contributed by atoms with Crippen LogP contribution in [-0.2, 0) is 11.2 Å². The van der Waals surface area contributed by atoms with Crippen molar-refractivity contribution in [1.82, 2.24) is 4.90 Å². The molecule has 1 aliphatic heterocycles. The number of aliphatic hydroxyl groups excluding tert-OH is 1. The van der Waals surface area contributed by atoms with E-state index in [1.807, 2.05) is 0 Å². The Morgan fingerprint density at radius 3 is 2.61 bits per heavy atom. The molecular formula is C13H15Cl2NO2. The molecule has 0 unspecified atom stereocenters. The second-order valence-corrected chi connectivity index (χ2v) is 5.37. The predicted molar refractivity (Wildman–Crippen MR) is 72.0 cm³/mol. The van der Waals surface area contributed by atoms with E-state index in [0.29, 0.717) is 36.0 Å². The Hall–Kier alpha value is -0.770. The van der Waals surface area contributed by atoms with Crippen LogP contribution in [0.4, 0.5) is 0 Å². The summed E-state index contributed by atoms with van der Waals surface area (Å²) < 4.78 is 0. The van der Waals surface area contributed by atoms with Gasteiger partial charge in [0.25, 0.3) is 0 Å². The van der Waals surface area contributed by atoms with Crippen molar-refractivity contribution in [3.63, 3.8) is 0 Å². The van der Waals surface area contributed by atoms with Gasteiger partial charge in [-0.25, -0.2) is 0 Å². The van der Waals surface area contributed by atoms with Crippen LogP contribution in [0, 0.1) is 0 Å². The number of rotatable bonds is 2. The lowest BCUT2D eigenvalue weighted by atomic mass is 10.1. The van der Waals surface area contributed by atoms with E-state index in [1.54, 1.807) is 23.1 Å². The Kier molecular flexibility index (Phi) is 4.49. The van der Waals surface area contributed by atoms with E-state index in [1.165, 1.54) is 0 Å². The molecule has 0 saturated carbocycles. The zero-order valence-electron chi connectivity index (χ0n) is 9.90. The minimum atomic E-state index is -0.270. The first-order valence-electron chi connectivity index (χ1n) is 5.96. The van der Waals surface area contributed by atoms with Crippen molar-refractivity contribution >= 4 is 29.1 Å². The Balaban J connectivity index is 1.98. The van der Waals surface area contributed by atoms with Gasteiger partial charge in [0.15, 0.2) is 0 Å². The molecule has 1 heterocycles. The molecule has 2 rings (SSSR count). The molecule has 1 amide bonds. The predicted octanol–water partition coefficient (Wildman–Crippen LogP) is 2.52. The van der Waals surface area contributed by atoms with E-state index in [9.17, 15) is 9.90 Å². The molecule has 3 nitrogen and oxygen atoms in total. The van der Waals surface area contributed by atoms with Crippen LogP contribution in [0.25, 0.3) is 0 Å². The normalized spacial score (nSPS) is 16.9. The number of nitrogens with zero attached hydrogens (tertiary/aromatic N) is 1. The minimum Gasteiger partial charge on any atom is -0.393 e. The maximum Gasteiger partial charge on any atom is 0.227 e. The van der Waals surface area contributed by atoms with Crippen LogP contribution in [0.1, 0.15) is 18.4 Å². The van der Waals surface area contributed by atoms with Gasteiger partial charge in [-0.2, -0.15) is 0 Å². The fourth-order valence-corrected chi connectivity index (χ4v) is 2.53. The van der Waals surface area contributed by atoms with Crippen molar-refractivity contribution in [3.05, 3.63) is 33.8 Å². The van der Waals surface area contributed by atoms with Gasteiger partial charge in [-0.1, -0.05) is 29.3 Å². The number of amides is 1. The highest BCUT2D eigenvalue weighted by atomic mass is 35.5. The number of halogens is 2. The molecule has 0 bridgehead atoms. The van der Waals surface area contributed by atoms with Gasteiger partial charge in [-0.3, -0.25) is 4.79 Å². The van der Waals surface area contributed by atoms with Crippen molar-refractivity contribution in [2.75, 3.05) is 13.1 Å². The molecule has 1 aromatic rings. The van der Waals surface area contributed by atoms with Crippen molar-refractivity contribution in [2.45, 2.75) is 25.4 Å². The van der Waals surface area contributed by atoms with Crippen molar-refractivity contribution in [1.29, 1.82) is 0 Å². The zero-order valence-corrected chi connectivity index (χ0v) is 11.4. The Morgan fingerprint density at radius 2 is 2.00 bits per heavy atom. The van der Waals surface area contributed by atoms with Crippen molar-refractivity contribution in [3.8, 4) is 0 Å². The average Bonchev–Trinajstić information content (AvgIpc) is 2.33. The maximum atomic E-state index is 12.1. The summed E-state index contributed by atoms with van der Waals surface area (Å²) in [7, 11) is 0. The lowest BCUT2D eigenvalue weighted by Gasteiger charge is -2.29. The highest BCUT2D eigenvalue weighted by Crippen LogP contribution is 2.22. The van der Waals surface area contributed by atoms with Gasteiger partial charge in [-0.15, -0.1) is 0 Å². The number of aliphatic hydroxyl groups is 1. The molecule has 0 radical (unpaired) electrons. The topological polar surface area (TPSA) is 40.5 Å². The van der Waals surface area contributed by atoms with Gasteiger partial charge in [0.05, 0.1) is 12.5 Å². The molecular weight excluding hydrogens is 273 g/mol. The molecule has 98 valence electrons. The fraction of sp³-hybridized carbons (Fsp3) is 0.462. The molecule has 1 fully saturated rings. The molecule has 1 N–H and O–H groups in total. The summed E-state index contributed by atoms with van der Waals surface area (Å²) in [6.07, 6.45) is 1.32. The Morgan fingerprint density at radius 1 is 1.33 bits per heavy atom. The van der Waals surface area contributed by atoms with Crippen LogP contribution >= 0.6 is 23.2 Å². The molecule has 1 aromatic carbocycles. The van der Waals surface area contributed by atoms with E-state index in [0.717, 1.165) is 5.56 Å². The van der Waals surface area contributed by atoms with Gasteiger partial charge in [0.2, 0.25) is 5.91 Å². The van der Waals surface area contributed by atoms with E-state index in [4.69, 9.17) is 23.2 Å². The molecule has 18 heavy (non-hydrogen) atoms. The quantitative estimate of drug-likeness (QED) is 0.908. The first kappa shape index (κ1) is 13.7. The van der Waals surface area contributed by atoms with Crippen LogP contribution in [-0.4, -0.2) is 35.1 Å². The van der Waals surface area contributed by atoms with E-state index in [-0.39, 0.29) is 18.4 Å². The van der Waals surface area contributed by atoms with E-state index in [2.05, 4.69) is 0 Å². The first-order chi connectivity index (χ1) is 8.56. The smallest absolute Gasteiger partial charge is 0.227 e. The Labute approximate surface area is 116 Å². The van der Waals surface area contributed by atoms with Gasteiger partial charge in [0, 0.05) is 23.1 Å². The fourth-order valence-electron chi connectivity index (χ4n) is 2.06. The summed E-state index contributed by atoms with van der Waals surface area (Å²) in [6.45, 7) is 1.23. The highest BCUT2D eigenvalue weighted by Gasteiger charge is 2.21. The molecule has 0 atom stereocenters. The highest BCUT2D eigenvalue weighted by molar-refractivity contribution is 6.35. The molecule has 1 aliphatic rings. The summed E-state index contributed by atoms with van der Waals surface area (Å²) in [5, 5.41) is 10.5. The summed E-state index contributed by atoms with van der Waals surface area (Å²) in [6, 6.07) is 5.16. The number of carbonyl (C=O) groups excluding carboxylic acids is 1. The van der Waals surface area contributed by atoms with E-state index < -0.39 is 0 Å². The van der Waals surface area contributed by atoms with Crippen LogP contribution in [0.2, 0.25) is 10.0 Å². The lowest BCUT2D eigenvalue weighted by Crippen LogP contribution is -2.40. The average molecular weight is 288 g/mol. The SMILES string of the molecule is O=C(Cc1ccc(Cl)cc1Cl)N1CCC(O)CC1. The Bertz CT molecular complexity index is 443. The lowest BCUT2D eigenvalue weighted by molar-refractivity contribution is -0.132. The van der Waals surface area contributed by atoms with Gasteiger partial charge in [-0.05, 0) is 30.5 Å². The number of likely N-dealkylation sites (tertiary alicyclic amines) is 1. The second-order valence-electron chi connectivity index (χ2n) is 4.52. The maximum absolute atomic E-state index is 12.1. The molecule has 5 heteroatoms. The van der Waals surface area contributed by atoms with Crippen LogP contribution < -0.4 is 0 Å². The number of piperidine rings is 1. The summed E-state index contributed by atoms with van der Waals surface area (Å²) in [5.74, 6) is 0.0473. The third-order valence-electron chi connectivity index (χ3n) is 3.17. The van der Waals surface area contributed by atoms with Gasteiger partial charge < -0.3 is 10.0 Å². The van der Waals surface area contributed by atoms with Crippen LogP contribution in [0.5, 0.6) is 0 Å². The molecule has 0 aliphatic carbocycles. The van der Waals surface area contributed by atoms with Crippen LogP contribution in [0.15, 0.2) is 18.2 Å². The number of hydrogen-bond donors (Lipinski definition) is 1. The number of benzene rings is 1. The van der Waals surface area contributed by atoms with Gasteiger partial charge in [0.1, 0.15) is 0 Å². The van der Waals surface area contributed by atoms with Crippen molar-refractivity contribution < 1.29 is 9.90 Å². The second kappa shape index (κ2) is 5.91. The van der Waals surface area contributed by atoms with Crippen molar-refractivity contribution in [2.24, 2.45) is 0 Å². The minimum absolute atomic E-state index is 0.0473. The largest absolute Gasteiger partial charge is 0.393 e. The molecule has 0 spiro atoms. The van der Waals surface area contributed by atoms with E-state index >= 15 is 0 Å². The first-order valence-corrected chi connectivity index (χ1v) is 6.71. The van der Waals surface area contributed by atoms with Gasteiger partial charge >= 0.3 is 0 Å². The van der Waals surface area contributed by atoms with Crippen LogP contribution in [0.3, 0.4) is 0 Å². The summed E-state index contributed by atoms with van der Waals surface area (Å²) in [5.41, 5.74) is 0.789. The number of hydrogen-bond acceptors (Lipinski definition) is 2. The molecule has 0 aromatic heterocycles. The molecule has 1 saturated heterocycles. The third-order valence-corrected chi connectivity index (χ3v) is 3.76. The monoisotopic (exact) mass is 287 g/mol. The standard InChI is InChI=1S/C13H15Cl2NO2/c14-10-2-1-9(12(15)8-10)7-13(18)16-5-3-11(17)4-6-16/h1-2,8,11,17H,3-7H2.